The Labute approximate surface area is 138 Å². The Morgan fingerprint density at radius 2 is 1.78 bits per heavy atom. The second-order valence-electron chi connectivity index (χ2n) is 6.12. The molecule has 130 valence electrons. The highest BCUT2D eigenvalue weighted by atomic mass is 32.2. The van der Waals surface area contributed by atoms with Crippen LogP contribution in [0.2, 0.25) is 0 Å². The topological polar surface area (TPSA) is 81.7 Å². The van der Waals surface area contributed by atoms with Crippen molar-refractivity contribution in [2.24, 2.45) is 0 Å². The van der Waals surface area contributed by atoms with Crippen LogP contribution in [0.4, 0.5) is 0 Å². The Hall–Kier alpha value is -1.60. The van der Waals surface area contributed by atoms with Gasteiger partial charge < -0.3 is 9.47 Å². The van der Waals surface area contributed by atoms with E-state index in [-0.39, 0.29) is 17.1 Å². The SMILES string of the molecule is CCOC(=O)c1cc(S(=O)(=O)NC(C)(C)C)c(C)cc1OCC. The molecule has 0 saturated heterocycles. The highest BCUT2D eigenvalue weighted by Crippen LogP contribution is 2.28. The Morgan fingerprint density at radius 1 is 1.17 bits per heavy atom. The van der Waals surface area contributed by atoms with Crippen LogP contribution >= 0.6 is 0 Å². The number of hydrogen-bond donors (Lipinski definition) is 1. The molecule has 0 fully saturated rings. The fourth-order valence-electron chi connectivity index (χ4n) is 2.05. The van der Waals surface area contributed by atoms with Gasteiger partial charge in [-0.2, -0.15) is 0 Å². The first-order valence-electron chi connectivity index (χ1n) is 7.50. The van der Waals surface area contributed by atoms with Crippen LogP contribution in [0.3, 0.4) is 0 Å². The van der Waals surface area contributed by atoms with E-state index in [4.69, 9.17) is 9.47 Å². The van der Waals surface area contributed by atoms with Crippen molar-refractivity contribution in [3.8, 4) is 5.75 Å². The molecule has 1 aromatic carbocycles. The molecule has 0 aliphatic heterocycles. The second-order valence-corrected chi connectivity index (χ2v) is 7.77. The van der Waals surface area contributed by atoms with Gasteiger partial charge in [-0.25, -0.2) is 17.9 Å². The molecule has 0 bridgehead atoms. The smallest absolute Gasteiger partial charge is 0.341 e. The first kappa shape index (κ1) is 19.4. The lowest BCUT2D eigenvalue weighted by molar-refractivity contribution is 0.0521. The molecule has 0 aliphatic carbocycles. The predicted molar refractivity (Wildman–Crippen MR) is 88.4 cm³/mol. The van der Waals surface area contributed by atoms with Crippen molar-refractivity contribution in [2.45, 2.75) is 52.0 Å². The van der Waals surface area contributed by atoms with Gasteiger partial charge in [0.15, 0.2) is 0 Å². The van der Waals surface area contributed by atoms with Crippen molar-refractivity contribution in [1.82, 2.24) is 4.72 Å². The number of rotatable bonds is 6. The highest BCUT2D eigenvalue weighted by molar-refractivity contribution is 7.89. The molecule has 0 amide bonds. The van der Waals surface area contributed by atoms with E-state index in [1.807, 2.05) is 0 Å². The number of benzene rings is 1. The van der Waals surface area contributed by atoms with E-state index in [0.717, 1.165) is 0 Å². The summed E-state index contributed by atoms with van der Waals surface area (Å²) in [7, 11) is -3.76. The number of esters is 1. The average molecular weight is 343 g/mol. The zero-order chi connectivity index (χ0) is 17.8. The standard InChI is InChI=1S/C16H25NO5S/c1-7-21-13-9-11(3)14(10-12(13)15(18)22-8-2)23(19,20)17-16(4,5)6/h9-10,17H,7-8H2,1-6H3. The van der Waals surface area contributed by atoms with Crippen molar-refractivity contribution in [1.29, 1.82) is 0 Å². The normalized spacial score (nSPS) is 12.1. The van der Waals surface area contributed by atoms with Gasteiger partial charge in [0.1, 0.15) is 11.3 Å². The molecule has 0 atom stereocenters. The Bertz CT molecular complexity index is 674. The summed E-state index contributed by atoms with van der Waals surface area (Å²) in [5, 5.41) is 0. The maximum atomic E-state index is 12.6. The number of sulfonamides is 1. The molecular weight excluding hydrogens is 318 g/mol. The lowest BCUT2D eigenvalue weighted by Crippen LogP contribution is -2.40. The average Bonchev–Trinajstić information content (AvgIpc) is 2.36. The fourth-order valence-corrected chi connectivity index (χ4v) is 3.72. The van der Waals surface area contributed by atoms with E-state index < -0.39 is 21.5 Å². The predicted octanol–water partition coefficient (Wildman–Crippen LogP) is 2.65. The zero-order valence-corrected chi connectivity index (χ0v) is 15.3. The number of aryl methyl sites for hydroxylation is 1. The molecule has 6 nitrogen and oxygen atoms in total. The lowest BCUT2D eigenvalue weighted by atomic mass is 10.1. The van der Waals surface area contributed by atoms with Gasteiger partial charge in [-0.05, 0) is 59.2 Å². The molecule has 0 aliphatic rings. The van der Waals surface area contributed by atoms with Crippen LogP contribution in [-0.2, 0) is 14.8 Å². The number of nitrogens with one attached hydrogen (secondary N) is 1. The van der Waals surface area contributed by atoms with Crippen molar-refractivity contribution >= 4 is 16.0 Å². The quantitative estimate of drug-likeness (QED) is 0.803. The molecule has 0 saturated carbocycles. The van der Waals surface area contributed by atoms with E-state index in [2.05, 4.69) is 4.72 Å². The molecule has 1 N–H and O–H groups in total. The molecule has 0 radical (unpaired) electrons. The number of carbonyl (C=O) groups excluding carboxylic acids is 1. The van der Waals surface area contributed by atoms with Crippen molar-refractivity contribution in [2.75, 3.05) is 13.2 Å². The summed E-state index contributed by atoms with van der Waals surface area (Å²) in [4.78, 5) is 12.1. The number of carbonyl (C=O) groups is 1. The Balaban J connectivity index is 3.45. The minimum Gasteiger partial charge on any atom is -0.493 e. The largest absolute Gasteiger partial charge is 0.493 e. The molecule has 0 aromatic heterocycles. The van der Waals surface area contributed by atoms with Crippen LogP contribution in [0.25, 0.3) is 0 Å². The summed E-state index contributed by atoms with van der Waals surface area (Å²) in [6, 6.07) is 2.86. The first-order chi connectivity index (χ1) is 10.5. The maximum absolute atomic E-state index is 12.6. The maximum Gasteiger partial charge on any atom is 0.341 e. The summed E-state index contributed by atoms with van der Waals surface area (Å²) >= 11 is 0. The summed E-state index contributed by atoms with van der Waals surface area (Å²) < 4.78 is 38.1. The van der Waals surface area contributed by atoms with Gasteiger partial charge in [-0.1, -0.05) is 0 Å². The molecule has 0 spiro atoms. The van der Waals surface area contributed by atoms with Crippen LogP contribution < -0.4 is 9.46 Å². The summed E-state index contributed by atoms with van der Waals surface area (Å²) in [6.45, 7) is 10.9. The summed E-state index contributed by atoms with van der Waals surface area (Å²) in [6.07, 6.45) is 0. The van der Waals surface area contributed by atoms with Gasteiger partial charge >= 0.3 is 5.97 Å². The second kappa shape index (κ2) is 7.31. The number of ether oxygens (including phenoxy) is 2. The van der Waals surface area contributed by atoms with E-state index in [1.165, 1.54) is 6.07 Å². The van der Waals surface area contributed by atoms with E-state index in [9.17, 15) is 13.2 Å². The highest BCUT2D eigenvalue weighted by Gasteiger charge is 2.26. The number of hydrogen-bond acceptors (Lipinski definition) is 5. The van der Waals surface area contributed by atoms with Gasteiger partial charge in [0.25, 0.3) is 0 Å². The third kappa shape index (κ3) is 5.21. The van der Waals surface area contributed by atoms with E-state index in [1.54, 1.807) is 47.6 Å². The first-order valence-corrected chi connectivity index (χ1v) is 8.98. The van der Waals surface area contributed by atoms with Crippen molar-refractivity contribution in [3.63, 3.8) is 0 Å². The third-order valence-electron chi connectivity index (χ3n) is 2.80. The van der Waals surface area contributed by atoms with Crippen molar-refractivity contribution in [3.05, 3.63) is 23.3 Å². The minimum atomic E-state index is -3.76. The monoisotopic (exact) mass is 343 g/mol. The van der Waals surface area contributed by atoms with Gasteiger partial charge in [-0.3, -0.25) is 0 Å². The molecule has 1 rings (SSSR count). The Kier molecular flexibility index (Phi) is 6.18. The third-order valence-corrected chi connectivity index (χ3v) is 4.70. The van der Waals surface area contributed by atoms with Crippen molar-refractivity contribution < 1.29 is 22.7 Å². The fraction of sp³-hybridized carbons (Fsp3) is 0.562. The Morgan fingerprint density at radius 3 is 2.26 bits per heavy atom. The van der Waals surface area contributed by atoms with Crippen LogP contribution in [0.5, 0.6) is 5.75 Å². The zero-order valence-electron chi connectivity index (χ0n) is 14.5. The molecule has 7 heteroatoms. The lowest BCUT2D eigenvalue weighted by Gasteiger charge is -2.22. The minimum absolute atomic E-state index is 0.0407. The van der Waals surface area contributed by atoms with Crippen LogP contribution in [0.1, 0.15) is 50.5 Å². The van der Waals surface area contributed by atoms with E-state index in [0.29, 0.717) is 17.9 Å². The molecule has 0 unspecified atom stereocenters. The molecular formula is C16H25NO5S. The summed E-state index contributed by atoms with van der Waals surface area (Å²) in [5.41, 5.74) is -0.0274. The van der Waals surface area contributed by atoms with Gasteiger partial charge in [0, 0.05) is 5.54 Å². The molecule has 0 heterocycles. The van der Waals surface area contributed by atoms with Crippen LogP contribution in [0, 0.1) is 6.92 Å². The molecule has 23 heavy (non-hydrogen) atoms. The van der Waals surface area contributed by atoms with Crippen LogP contribution in [0.15, 0.2) is 17.0 Å². The van der Waals surface area contributed by atoms with Gasteiger partial charge in [-0.15, -0.1) is 0 Å². The van der Waals surface area contributed by atoms with Gasteiger partial charge in [0.05, 0.1) is 18.1 Å². The summed E-state index contributed by atoms with van der Waals surface area (Å²) in [5.74, 6) is -0.290. The molecule has 1 aromatic rings. The van der Waals surface area contributed by atoms with Crippen LogP contribution in [-0.4, -0.2) is 33.1 Å². The van der Waals surface area contributed by atoms with Gasteiger partial charge in [0.2, 0.25) is 10.0 Å². The van der Waals surface area contributed by atoms with E-state index >= 15 is 0 Å².